The second-order valence-corrected chi connectivity index (χ2v) is 4.42. The normalized spacial score (nSPS) is 10.5. The van der Waals surface area contributed by atoms with Crippen LogP contribution in [0.3, 0.4) is 0 Å². The van der Waals surface area contributed by atoms with Crippen LogP contribution in [-0.4, -0.2) is 17.0 Å². The third-order valence-corrected chi connectivity index (χ3v) is 2.76. The van der Waals surface area contributed by atoms with Crippen LogP contribution in [0.5, 0.6) is 0 Å². The van der Waals surface area contributed by atoms with Crippen molar-refractivity contribution in [3.63, 3.8) is 0 Å². The first-order valence-corrected chi connectivity index (χ1v) is 6.21. The van der Waals surface area contributed by atoms with Crippen LogP contribution < -0.4 is 5.43 Å². The number of nitro groups is 1. The summed E-state index contributed by atoms with van der Waals surface area (Å²) >= 11 is 0. The number of benzene rings is 2. The van der Waals surface area contributed by atoms with Crippen molar-refractivity contribution in [3.8, 4) is 0 Å². The SMILES string of the molecule is Cc1cccc(C(=O)N/N=C/c2ccc([N+](=O)[O-])cc2)c1. The zero-order chi connectivity index (χ0) is 15.2. The smallest absolute Gasteiger partial charge is 0.267 e. The van der Waals surface area contributed by atoms with Crippen LogP contribution in [0.25, 0.3) is 0 Å². The zero-order valence-electron chi connectivity index (χ0n) is 11.3. The van der Waals surface area contributed by atoms with Gasteiger partial charge in [0.05, 0.1) is 11.1 Å². The highest BCUT2D eigenvalue weighted by molar-refractivity contribution is 5.95. The van der Waals surface area contributed by atoms with E-state index in [0.29, 0.717) is 11.1 Å². The topological polar surface area (TPSA) is 84.6 Å². The Hall–Kier alpha value is -3.02. The Labute approximate surface area is 121 Å². The minimum Gasteiger partial charge on any atom is -0.267 e. The van der Waals surface area contributed by atoms with E-state index in [9.17, 15) is 14.9 Å². The van der Waals surface area contributed by atoms with Gasteiger partial charge in [-0.25, -0.2) is 5.43 Å². The number of amides is 1. The summed E-state index contributed by atoms with van der Waals surface area (Å²) in [5.41, 5.74) is 4.59. The van der Waals surface area contributed by atoms with Gasteiger partial charge in [-0.15, -0.1) is 0 Å². The molecule has 0 heterocycles. The first kappa shape index (κ1) is 14.4. The van der Waals surface area contributed by atoms with Gasteiger partial charge in [0.15, 0.2) is 0 Å². The first-order valence-electron chi connectivity index (χ1n) is 6.21. The summed E-state index contributed by atoms with van der Waals surface area (Å²) in [7, 11) is 0. The molecule has 0 saturated carbocycles. The van der Waals surface area contributed by atoms with Crippen molar-refractivity contribution in [2.24, 2.45) is 5.10 Å². The highest BCUT2D eigenvalue weighted by atomic mass is 16.6. The van der Waals surface area contributed by atoms with Crippen molar-refractivity contribution >= 4 is 17.8 Å². The van der Waals surface area contributed by atoms with Gasteiger partial charge in [-0.05, 0) is 36.8 Å². The predicted molar refractivity (Wildman–Crippen MR) is 79.3 cm³/mol. The molecule has 0 aliphatic heterocycles. The Balaban J connectivity index is 1.99. The van der Waals surface area contributed by atoms with Crippen LogP contribution in [0.1, 0.15) is 21.5 Å². The highest BCUT2D eigenvalue weighted by Gasteiger charge is 2.04. The molecule has 0 spiro atoms. The maximum Gasteiger partial charge on any atom is 0.271 e. The maximum atomic E-state index is 11.8. The molecule has 0 radical (unpaired) electrons. The summed E-state index contributed by atoms with van der Waals surface area (Å²) in [6.45, 7) is 1.90. The molecule has 6 heteroatoms. The summed E-state index contributed by atoms with van der Waals surface area (Å²) in [6.07, 6.45) is 1.43. The van der Waals surface area contributed by atoms with E-state index in [2.05, 4.69) is 10.5 Å². The fourth-order valence-corrected chi connectivity index (χ4v) is 1.70. The summed E-state index contributed by atoms with van der Waals surface area (Å²) in [4.78, 5) is 21.9. The molecule has 2 aromatic carbocycles. The fraction of sp³-hybridized carbons (Fsp3) is 0.0667. The van der Waals surface area contributed by atoms with Gasteiger partial charge in [0.1, 0.15) is 0 Å². The molecule has 2 rings (SSSR count). The van der Waals surface area contributed by atoms with Crippen molar-refractivity contribution in [3.05, 3.63) is 75.3 Å². The molecule has 0 fully saturated rings. The Morgan fingerprint density at radius 3 is 2.57 bits per heavy atom. The number of non-ortho nitro benzene ring substituents is 1. The van der Waals surface area contributed by atoms with Crippen LogP contribution in [0.15, 0.2) is 53.6 Å². The number of carbonyl (C=O) groups excluding carboxylic acids is 1. The Morgan fingerprint density at radius 1 is 1.24 bits per heavy atom. The second kappa shape index (κ2) is 6.42. The van der Waals surface area contributed by atoms with Crippen LogP contribution in [0.4, 0.5) is 5.69 Å². The maximum absolute atomic E-state index is 11.8. The number of aryl methyl sites for hydroxylation is 1. The lowest BCUT2D eigenvalue weighted by Crippen LogP contribution is -2.17. The first-order chi connectivity index (χ1) is 10.1. The van der Waals surface area contributed by atoms with Crippen molar-refractivity contribution < 1.29 is 9.72 Å². The van der Waals surface area contributed by atoms with Crippen LogP contribution >= 0.6 is 0 Å². The molecule has 0 aliphatic carbocycles. The lowest BCUT2D eigenvalue weighted by atomic mass is 10.1. The van der Waals surface area contributed by atoms with E-state index in [4.69, 9.17) is 0 Å². The molecule has 0 atom stereocenters. The molecule has 0 aromatic heterocycles. The van der Waals surface area contributed by atoms with Gasteiger partial charge in [0, 0.05) is 17.7 Å². The van der Waals surface area contributed by atoms with Gasteiger partial charge >= 0.3 is 0 Å². The monoisotopic (exact) mass is 283 g/mol. The number of carbonyl (C=O) groups is 1. The molecule has 0 aliphatic rings. The predicted octanol–water partition coefficient (Wildman–Crippen LogP) is 2.67. The van der Waals surface area contributed by atoms with Crippen molar-refractivity contribution in [1.82, 2.24) is 5.43 Å². The molecule has 106 valence electrons. The highest BCUT2D eigenvalue weighted by Crippen LogP contribution is 2.10. The number of hydrogen-bond donors (Lipinski definition) is 1. The van der Waals surface area contributed by atoms with E-state index in [1.54, 1.807) is 30.3 Å². The lowest BCUT2D eigenvalue weighted by molar-refractivity contribution is -0.384. The number of nitro benzene ring substituents is 1. The average molecular weight is 283 g/mol. The van der Waals surface area contributed by atoms with Crippen LogP contribution in [0.2, 0.25) is 0 Å². The number of hydrazone groups is 1. The zero-order valence-corrected chi connectivity index (χ0v) is 11.3. The van der Waals surface area contributed by atoms with Gasteiger partial charge in [-0.1, -0.05) is 17.7 Å². The summed E-state index contributed by atoms with van der Waals surface area (Å²) in [6, 6.07) is 13.0. The molecule has 1 N–H and O–H groups in total. The fourth-order valence-electron chi connectivity index (χ4n) is 1.70. The summed E-state index contributed by atoms with van der Waals surface area (Å²) < 4.78 is 0. The number of rotatable bonds is 4. The molecule has 0 unspecified atom stereocenters. The molecular formula is C15H13N3O3. The summed E-state index contributed by atoms with van der Waals surface area (Å²) in [5.74, 6) is -0.308. The van der Waals surface area contributed by atoms with Gasteiger partial charge in [0.2, 0.25) is 0 Å². The molecule has 2 aromatic rings. The number of nitrogens with one attached hydrogen (secondary N) is 1. The second-order valence-electron chi connectivity index (χ2n) is 4.42. The molecule has 6 nitrogen and oxygen atoms in total. The van der Waals surface area contributed by atoms with E-state index in [1.807, 2.05) is 13.0 Å². The van der Waals surface area contributed by atoms with Crippen molar-refractivity contribution in [1.29, 1.82) is 0 Å². The molecule has 0 saturated heterocycles. The minimum atomic E-state index is -0.472. The minimum absolute atomic E-state index is 0.0101. The van der Waals surface area contributed by atoms with Gasteiger partial charge in [-0.3, -0.25) is 14.9 Å². The molecular weight excluding hydrogens is 270 g/mol. The lowest BCUT2D eigenvalue weighted by Gasteiger charge is -2.00. The molecule has 0 bridgehead atoms. The Morgan fingerprint density at radius 2 is 1.95 bits per heavy atom. The van der Waals surface area contributed by atoms with E-state index in [1.165, 1.54) is 18.3 Å². The van der Waals surface area contributed by atoms with Crippen LogP contribution in [-0.2, 0) is 0 Å². The van der Waals surface area contributed by atoms with Gasteiger partial charge in [-0.2, -0.15) is 5.10 Å². The van der Waals surface area contributed by atoms with Gasteiger partial charge < -0.3 is 0 Å². The largest absolute Gasteiger partial charge is 0.271 e. The van der Waals surface area contributed by atoms with Gasteiger partial charge in [0.25, 0.3) is 11.6 Å². The van der Waals surface area contributed by atoms with Crippen LogP contribution in [0, 0.1) is 17.0 Å². The molecule has 21 heavy (non-hydrogen) atoms. The third-order valence-electron chi connectivity index (χ3n) is 2.76. The summed E-state index contributed by atoms with van der Waals surface area (Å²) in [5, 5.41) is 14.3. The van der Waals surface area contributed by atoms with Crippen molar-refractivity contribution in [2.75, 3.05) is 0 Å². The number of hydrogen-bond acceptors (Lipinski definition) is 4. The number of nitrogens with zero attached hydrogens (tertiary/aromatic N) is 2. The Kier molecular flexibility index (Phi) is 4.40. The van der Waals surface area contributed by atoms with E-state index in [0.717, 1.165) is 5.56 Å². The van der Waals surface area contributed by atoms with E-state index in [-0.39, 0.29) is 11.6 Å². The third kappa shape index (κ3) is 3.97. The standard InChI is InChI=1S/C15H13N3O3/c1-11-3-2-4-13(9-11)15(19)17-16-10-12-5-7-14(8-6-12)18(20)21/h2-10H,1H3,(H,17,19)/b16-10+. The Bertz CT molecular complexity index is 694. The molecule has 1 amide bonds. The van der Waals surface area contributed by atoms with E-state index < -0.39 is 4.92 Å². The quantitative estimate of drug-likeness (QED) is 0.532. The van der Waals surface area contributed by atoms with E-state index >= 15 is 0 Å². The van der Waals surface area contributed by atoms with Crippen molar-refractivity contribution in [2.45, 2.75) is 6.92 Å². The average Bonchev–Trinajstić information content (AvgIpc) is 2.47.